The van der Waals surface area contributed by atoms with Crippen molar-refractivity contribution in [2.24, 2.45) is 0 Å². The molecule has 1 N–H and O–H groups in total. The van der Waals surface area contributed by atoms with Gasteiger partial charge < -0.3 is 19.9 Å². The first kappa shape index (κ1) is 15.8. The number of carbonyl (C=O) groups is 1. The van der Waals surface area contributed by atoms with Crippen molar-refractivity contribution in [1.29, 1.82) is 0 Å². The number of carbonyl (C=O) groups excluding carboxylic acids is 1. The summed E-state index contributed by atoms with van der Waals surface area (Å²) < 4.78 is 5.78. The Morgan fingerprint density at radius 1 is 1.43 bits per heavy atom. The molecule has 1 unspecified atom stereocenters. The molecule has 0 spiro atoms. The number of amides is 1. The van der Waals surface area contributed by atoms with E-state index in [1.807, 2.05) is 43.3 Å². The van der Waals surface area contributed by atoms with E-state index in [0.717, 1.165) is 26.2 Å². The van der Waals surface area contributed by atoms with Crippen molar-refractivity contribution in [2.75, 3.05) is 46.9 Å². The quantitative estimate of drug-likeness (QED) is 0.881. The second kappa shape index (κ2) is 7.43. The summed E-state index contributed by atoms with van der Waals surface area (Å²) in [5, 5.41) is 3.35. The number of nitrogens with zero attached hydrogens (tertiary/aromatic N) is 2. The van der Waals surface area contributed by atoms with Gasteiger partial charge in [-0.2, -0.15) is 0 Å². The van der Waals surface area contributed by atoms with Gasteiger partial charge in [0.15, 0.2) is 0 Å². The lowest BCUT2D eigenvalue weighted by atomic mass is 10.1. The number of rotatable bonds is 5. The zero-order valence-electron chi connectivity index (χ0n) is 13.1. The first-order valence-electron chi connectivity index (χ1n) is 7.47. The van der Waals surface area contributed by atoms with Gasteiger partial charge in [-0.3, -0.25) is 4.79 Å². The maximum Gasteiger partial charge on any atom is 0.257 e. The van der Waals surface area contributed by atoms with Gasteiger partial charge in [-0.05, 0) is 33.2 Å². The lowest BCUT2D eigenvalue weighted by Gasteiger charge is -2.32. The van der Waals surface area contributed by atoms with Crippen molar-refractivity contribution >= 4 is 5.91 Å². The van der Waals surface area contributed by atoms with Crippen LogP contribution in [0.25, 0.3) is 0 Å². The van der Waals surface area contributed by atoms with Crippen LogP contribution in [-0.2, 0) is 0 Å². The van der Waals surface area contributed by atoms with Gasteiger partial charge in [-0.15, -0.1) is 0 Å². The number of para-hydroxylation sites is 1. The van der Waals surface area contributed by atoms with Crippen molar-refractivity contribution in [2.45, 2.75) is 13.0 Å². The summed E-state index contributed by atoms with van der Waals surface area (Å²) in [5.74, 6) is 0.735. The molecule has 0 aliphatic carbocycles. The Morgan fingerprint density at radius 2 is 2.19 bits per heavy atom. The van der Waals surface area contributed by atoms with E-state index in [0.29, 0.717) is 24.0 Å². The second-order valence-corrected chi connectivity index (χ2v) is 5.75. The fourth-order valence-electron chi connectivity index (χ4n) is 2.39. The molecular weight excluding hydrogens is 266 g/mol. The molecule has 2 rings (SSSR count). The summed E-state index contributed by atoms with van der Waals surface area (Å²) in [6.45, 7) is 5.83. The highest BCUT2D eigenvalue weighted by molar-refractivity contribution is 5.97. The molecule has 1 atom stereocenters. The van der Waals surface area contributed by atoms with Gasteiger partial charge in [0.25, 0.3) is 5.91 Å². The van der Waals surface area contributed by atoms with Crippen LogP contribution in [0.5, 0.6) is 5.75 Å². The molecule has 0 saturated carbocycles. The van der Waals surface area contributed by atoms with Gasteiger partial charge in [-0.1, -0.05) is 12.1 Å². The van der Waals surface area contributed by atoms with Crippen LogP contribution in [0, 0.1) is 0 Å². The Balaban J connectivity index is 2.05. The fraction of sp³-hybridized carbons (Fsp3) is 0.562. The number of ether oxygens (including phenoxy) is 1. The van der Waals surface area contributed by atoms with Gasteiger partial charge >= 0.3 is 0 Å². The van der Waals surface area contributed by atoms with Crippen LogP contribution in [0.15, 0.2) is 24.3 Å². The van der Waals surface area contributed by atoms with Crippen molar-refractivity contribution in [3.63, 3.8) is 0 Å². The molecule has 1 amide bonds. The minimum Gasteiger partial charge on any atom is -0.491 e. The highest BCUT2D eigenvalue weighted by Gasteiger charge is 2.23. The number of piperazine rings is 1. The molecular formula is C16H25N3O2. The third-order valence-corrected chi connectivity index (χ3v) is 3.57. The molecule has 21 heavy (non-hydrogen) atoms. The zero-order chi connectivity index (χ0) is 15.2. The molecule has 0 bridgehead atoms. The number of hydrogen-bond acceptors (Lipinski definition) is 4. The number of hydrogen-bond donors (Lipinski definition) is 1. The van der Waals surface area contributed by atoms with Crippen LogP contribution >= 0.6 is 0 Å². The van der Waals surface area contributed by atoms with Crippen LogP contribution in [0.3, 0.4) is 0 Å². The second-order valence-electron chi connectivity index (χ2n) is 5.75. The van der Waals surface area contributed by atoms with E-state index in [1.165, 1.54) is 0 Å². The van der Waals surface area contributed by atoms with Crippen LogP contribution in [-0.4, -0.2) is 68.6 Å². The minimum absolute atomic E-state index is 0.0591. The Labute approximate surface area is 126 Å². The van der Waals surface area contributed by atoms with Crippen molar-refractivity contribution in [3.05, 3.63) is 29.8 Å². The molecule has 1 saturated heterocycles. The molecule has 5 nitrogen and oxygen atoms in total. The Kier molecular flexibility index (Phi) is 5.59. The molecule has 0 aromatic heterocycles. The van der Waals surface area contributed by atoms with E-state index in [-0.39, 0.29) is 5.91 Å². The molecule has 1 aliphatic heterocycles. The van der Waals surface area contributed by atoms with Crippen LogP contribution in [0.4, 0.5) is 0 Å². The van der Waals surface area contributed by atoms with Gasteiger partial charge in [0.1, 0.15) is 12.4 Å². The zero-order valence-corrected chi connectivity index (χ0v) is 13.1. The third-order valence-electron chi connectivity index (χ3n) is 3.57. The molecule has 1 heterocycles. The number of benzene rings is 1. The number of likely N-dealkylation sites (N-methyl/N-ethyl adjacent to an activating group) is 1. The van der Waals surface area contributed by atoms with Crippen molar-refractivity contribution in [1.82, 2.24) is 15.1 Å². The fourth-order valence-corrected chi connectivity index (χ4v) is 2.39. The third kappa shape index (κ3) is 4.44. The van der Waals surface area contributed by atoms with Crippen LogP contribution in [0.2, 0.25) is 0 Å². The average molecular weight is 291 g/mol. The highest BCUT2D eigenvalue weighted by atomic mass is 16.5. The van der Waals surface area contributed by atoms with E-state index < -0.39 is 0 Å². The topological polar surface area (TPSA) is 44.8 Å². The van der Waals surface area contributed by atoms with Crippen LogP contribution < -0.4 is 10.1 Å². The van der Waals surface area contributed by atoms with E-state index in [9.17, 15) is 4.79 Å². The molecule has 1 aromatic carbocycles. The van der Waals surface area contributed by atoms with Crippen molar-refractivity contribution in [3.8, 4) is 5.75 Å². The molecule has 5 heteroatoms. The predicted molar refractivity (Wildman–Crippen MR) is 83.9 cm³/mol. The molecule has 1 aromatic rings. The summed E-state index contributed by atoms with van der Waals surface area (Å²) in [6.07, 6.45) is 0. The predicted octanol–water partition coefficient (Wildman–Crippen LogP) is 1.06. The summed E-state index contributed by atoms with van der Waals surface area (Å²) in [4.78, 5) is 16.6. The van der Waals surface area contributed by atoms with Crippen molar-refractivity contribution < 1.29 is 9.53 Å². The summed E-state index contributed by atoms with van der Waals surface area (Å²) in [5.41, 5.74) is 0.658. The SMILES string of the molecule is CC1CN(C(=O)c2ccccc2OCCN(C)C)CCN1. The summed E-state index contributed by atoms with van der Waals surface area (Å²) in [6, 6.07) is 7.85. The normalized spacial score (nSPS) is 18.9. The molecule has 116 valence electrons. The largest absolute Gasteiger partial charge is 0.491 e. The van der Waals surface area contributed by atoms with Gasteiger partial charge in [0.2, 0.25) is 0 Å². The van der Waals surface area contributed by atoms with E-state index >= 15 is 0 Å². The van der Waals surface area contributed by atoms with E-state index in [4.69, 9.17) is 4.74 Å². The highest BCUT2D eigenvalue weighted by Crippen LogP contribution is 2.20. The Hall–Kier alpha value is -1.59. The smallest absolute Gasteiger partial charge is 0.257 e. The Bertz CT molecular complexity index is 476. The summed E-state index contributed by atoms with van der Waals surface area (Å²) in [7, 11) is 4.01. The standard InChI is InChI=1S/C16H25N3O2/c1-13-12-19(9-8-17-13)16(20)14-6-4-5-7-15(14)21-11-10-18(2)3/h4-7,13,17H,8-12H2,1-3H3. The first-order chi connectivity index (χ1) is 10.1. The van der Waals surface area contributed by atoms with E-state index in [2.05, 4.69) is 17.1 Å². The first-order valence-corrected chi connectivity index (χ1v) is 7.47. The molecule has 1 fully saturated rings. The average Bonchev–Trinajstić information content (AvgIpc) is 2.47. The lowest BCUT2D eigenvalue weighted by Crippen LogP contribution is -2.51. The maximum absolute atomic E-state index is 12.7. The lowest BCUT2D eigenvalue weighted by molar-refractivity contribution is 0.0704. The monoisotopic (exact) mass is 291 g/mol. The van der Waals surface area contributed by atoms with Crippen LogP contribution in [0.1, 0.15) is 17.3 Å². The minimum atomic E-state index is 0.0591. The molecule has 0 radical (unpaired) electrons. The number of nitrogens with one attached hydrogen (secondary N) is 1. The maximum atomic E-state index is 12.7. The van der Waals surface area contributed by atoms with Gasteiger partial charge in [0.05, 0.1) is 5.56 Å². The van der Waals surface area contributed by atoms with Gasteiger partial charge in [0, 0.05) is 32.2 Å². The van der Waals surface area contributed by atoms with Gasteiger partial charge in [-0.25, -0.2) is 0 Å². The van der Waals surface area contributed by atoms with E-state index in [1.54, 1.807) is 0 Å². The Morgan fingerprint density at radius 3 is 2.90 bits per heavy atom. The summed E-state index contributed by atoms with van der Waals surface area (Å²) >= 11 is 0. The molecule has 1 aliphatic rings.